The number of aryl methyl sites for hydroxylation is 2. The predicted molar refractivity (Wildman–Crippen MR) is 102 cm³/mol. The number of nitrogens with zero attached hydrogens (tertiary/aromatic N) is 1. The molecule has 0 atom stereocenters. The number of nitrogens with one attached hydrogen (secondary N) is 2. The van der Waals surface area contributed by atoms with Crippen LogP contribution in [0.3, 0.4) is 0 Å². The second kappa shape index (κ2) is 8.25. The SMILES string of the molecule is Cc1ccc(NC(=O)CCC(=O)NN=C2CC(=O)CC(C)(C)C2)cc1C. The highest BCUT2D eigenvalue weighted by atomic mass is 16.2. The van der Waals surface area contributed by atoms with Gasteiger partial charge in [0.25, 0.3) is 0 Å². The molecule has 0 heterocycles. The van der Waals surface area contributed by atoms with Gasteiger partial charge in [-0.1, -0.05) is 19.9 Å². The molecule has 1 aliphatic rings. The van der Waals surface area contributed by atoms with Crippen molar-refractivity contribution < 1.29 is 14.4 Å². The Morgan fingerprint density at radius 3 is 2.42 bits per heavy atom. The number of hydrogen-bond acceptors (Lipinski definition) is 4. The van der Waals surface area contributed by atoms with Gasteiger partial charge in [0.2, 0.25) is 11.8 Å². The van der Waals surface area contributed by atoms with Gasteiger partial charge in [-0.2, -0.15) is 5.10 Å². The maximum absolute atomic E-state index is 12.0. The van der Waals surface area contributed by atoms with E-state index in [9.17, 15) is 14.4 Å². The molecule has 0 unspecified atom stereocenters. The zero-order valence-electron chi connectivity index (χ0n) is 15.9. The summed E-state index contributed by atoms with van der Waals surface area (Å²) in [5.41, 5.74) is 6.02. The number of carbonyl (C=O) groups excluding carboxylic acids is 3. The monoisotopic (exact) mass is 357 g/mol. The number of ketones is 1. The number of hydrogen-bond donors (Lipinski definition) is 2. The van der Waals surface area contributed by atoms with Crippen LogP contribution in [0.5, 0.6) is 0 Å². The van der Waals surface area contributed by atoms with Crippen molar-refractivity contribution in [2.75, 3.05) is 5.32 Å². The first-order chi connectivity index (χ1) is 12.1. The third-order valence-electron chi connectivity index (χ3n) is 4.47. The van der Waals surface area contributed by atoms with Gasteiger partial charge in [0.05, 0.1) is 0 Å². The minimum Gasteiger partial charge on any atom is -0.326 e. The summed E-state index contributed by atoms with van der Waals surface area (Å²) in [6, 6.07) is 5.69. The quantitative estimate of drug-likeness (QED) is 0.793. The van der Waals surface area contributed by atoms with E-state index in [0.717, 1.165) is 16.8 Å². The lowest BCUT2D eigenvalue weighted by molar-refractivity contribution is -0.124. The predicted octanol–water partition coefficient (Wildman–Crippen LogP) is 3.27. The molecule has 0 radical (unpaired) electrons. The molecule has 0 spiro atoms. The van der Waals surface area contributed by atoms with Crippen molar-refractivity contribution in [3.05, 3.63) is 29.3 Å². The van der Waals surface area contributed by atoms with Gasteiger partial charge in [0.1, 0.15) is 5.78 Å². The maximum Gasteiger partial charge on any atom is 0.240 e. The Labute approximate surface area is 154 Å². The Balaban J connectivity index is 1.79. The minimum atomic E-state index is -0.330. The number of rotatable bonds is 5. The summed E-state index contributed by atoms with van der Waals surface area (Å²) in [5, 5.41) is 6.86. The van der Waals surface area contributed by atoms with E-state index in [0.29, 0.717) is 18.6 Å². The first-order valence-corrected chi connectivity index (χ1v) is 8.88. The van der Waals surface area contributed by atoms with Crippen LogP contribution in [0.1, 0.15) is 57.1 Å². The fourth-order valence-corrected chi connectivity index (χ4v) is 3.05. The average Bonchev–Trinajstić information content (AvgIpc) is 2.52. The molecule has 1 aliphatic carbocycles. The highest BCUT2D eigenvalue weighted by Gasteiger charge is 2.30. The Kier molecular flexibility index (Phi) is 6.29. The molecule has 6 nitrogen and oxygen atoms in total. The Bertz CT molecular complexity index is 751. The van der Waals surface area contributed by atoms with Crippen molar-refractivity contribution in [2.45, 2.75) is 59.8 Å². The number of anilines is 1. The third-order valence-corrected chi connectivity index (χ3v) is 4.47. The van der Waals surface area contributed by atoms with Gasteiger partial charge in [-0.05, 0) is 48.9 Å². The highest BCUT2D eigenvalue weighted by molar-refractivity contribution is 6.05. The van der Waals surface area contributed by atoms with Crippen LogP contribution in [-0.4, -0.2) is 23.3 Å². The lowest BCUT2D eigenvalue weighted by Crippen LogP contribution is -2.31. The van der Waals surface area contributed by atoms with Crippen LogP contribution < -0.4 is 10.7 Å². The lowest BCUT2D eigenvalue weighted by atomic mass is 9.76. The van der Waals surface area contributed by atoms with Crippen LogP contribution in [0.2, 0.25) is 0 Å². The number of carbonyl (C=O) groups is 3. The zero-order chi connectivity index (χ0) is 19.3. The standard InChI is InChI=1S/C20H27N3O3/c1-13-5-6-15(9-14(13)2)21-18(25)7-8-19(26)23-22-16-10-17(24)12-20(3,4)11-16/h5-6,9H,7-8,10-12H2,1-4H3,(H,21,25)(H,23,26). The summed E-state index contributed by atoms with van der Waals surface area (Å²) >= 11 is 0. The van der Waals surface area contributed by atoms with Crippen LogP contribution in [0.25, 0.3) is 0 Å². The smallest absolute Gasteiger partial charge is 0.240 e. The lowest BCUT2D eigenvalue weighted by Gasteiger charge is -2.28. The molecule has 0 bridgehead atoms. The summed E-state index contributed by atoms with van der Waals surface area (Å²) < 4.78 is 0. The topological polar surface area (TPSA) is 87.6 Å². The van der Waals surface area contributed by atoms with E-state index < -0.39 is 0 Å². The number of hydrazone groups is 1. The molecule has 0 saturated heterocycles. The molecule has 26 heavy (non-hydrogen) atoms. The fraction of sp³-hybridized carbons (Fsp3) is 0.500. The molecule has 2 amide bonds. The molecular weight excluding hydrogens is 330 g/mol. The van der Waals surface area contributed by atoms with Crippen molar-refractivity contribution in [1.29, 1.82) is 0 Å². The number of amides is 2. The molecule has 1 saturated carbocycles. The largest absolute Gasteiger partial charge is 0.326 e. The summed E-state index contributed by atoms with van der Waals surface area (Å²) in [5.74, 6) is -0.407. The second-order valence-corrected chi connectivity index (χ2v) is 7.79. The molecule has 0 aliphatic heterocycles. The second-order valence-electron chi connectivity index (χ2n) is 7.79. The van der Waals surface area contributed by atoms with E-state index >= 15 is 0 Å². The Hall–Kier alpha value is -2.50. The van der Waals surface area contributed by atoms with Gasteiger partial charge < -0.3 is 5.32 Å². The molecule has 2 N–H and O–H groups in total. The van der Waals surface area contributed by atoms with Gasteiger partial charge in [0.15, 0.2) is 0 Å². The van der Waals surface area contributed by atoms with Crippen molar-refractivity contribution in [2.24, 2.45) is 10.5 Å². The van der Waals surface area contributed by atoms with Crippen LogP contribution in [-0.2, 0) is 14.4 Å². The van der Waals surface area contributed by atoms with E-state index in [-0.39, 0.29) is 42.3 Å². The van der Waals surface area contributed by atoms with Gasteiger partial charge in [-0.15, -0.1) is 0 Å². The van der Waals surface area contributed by atoms with E-state index in [1.54, 1.807) is 0 Å². The summed E-state index contributed by atoms with van der Waals surface area (Å²) in [7, 11) is 0. The van der Waals surface area contributed by atoms with Crippen LogP contribution in [0, 0.1) is 19.3 Å². The van der Waals surface area contributed by atoms with Crippen LogP contribution in [0.4, 0.5) is 5.69 Å². The number of Topliss-reactive ketones (excluding diaryl/α,β-unsaturated/α-hetero) is 1. The maximum atomic E-state index is 12.0. The fourth-order valence-electron chi connectivity index (χ4n) is 3.05. The molecule has 1 fully saturated rings. The summed E-state index contributed by atoms with van der Waals surface area (Å²) in [6.07, 6.45) is 1.64. The van der Waals surface area contributed by atoms with Crippen molar-refractivity contribution >= 4 is 29.0 Å². The minimum absolute atomic E-state index is 0.0464. The van der Waals surface area contributed by atoms with Crippen LogP contribution >= 0.6 is 0 Å². The van der Waals surface area contributed by atoms with E-state index in [2.05, 4.69) is 15.8 Å². The average molecular weight is 357 g/mol. The summed E-state index contributed by atoms with van der Waals surface area (Å²) in [4.78, 5) is 35.6. The van der Waals surface area contributed by atoms with Gasteiger partial charge in [-0.25, -0.2) is 5.43 Å². The van der Waals surface area contributed by atoms with E-state index in [4.69, 9.17) is 0 Å². The van der Waals surface area contributed by atoms with E-state index in [1.807, 2.05) is 45.9 Å². The van der Waals surface area contributed by atoms with Gasteiger partial charge in [-0.3, -0.25) is 14.4 Å². The Morgan fingerprint density at radius 1 is 1.08 bits per heavy atom. The molecule has 6 heteroatoms. The van der Waals surface area contributed by atoms with Crippen LogP contribution in [0.15, 0.2) is 23.3 Å². The van der Waals surface area contributed by atoms with Crippen molar-refractivity contribution in [3.63, 3.8) is 0 Å². The normalized spacial score (nSPS) is 17.8. The van der Waals surface area contributed by atoms with Crippen molar-refractivity contribution in [1.82, 2.24) is 5.43 Å². The molecule has 2 rings (SSSR count). The molecular formula is C20H27N3O3. The third kappa shape index (κ3) is 6.10. The summed E-state index contributed by atoms with van der Waals surface area (Å²) in [6.45, 7) is 8.01. The number of benzene rings is 1. The van der Waals surface area contributed by atoms with E-state index in [1.165, 1.54) is 0 Å². The molecule has 1 aromatic carbocycles. The van der Waals surface area contributed by atoms with Gasteiger partial charge >= 0.3 is 0 Å². The molecule has 1 aromatic rings. The highest BCUT2D eigenvalue weighted by Crippen LogP contribution is 2.31. The Morgan fingerprint density at radius 2 is 1.77 bits per heavy atom. The molecule has 140 valence electrons. The van der Waals surface area contributed by atoms with Gasteiger partial charge in [0, 0.05) is 37.1 Å². The molecule has 0 aromatic heterocycles. The zero-order valence-corrected chi connectivity index (χ0v) is 15.9. The first-order valence-electron chi connectivity index (χ1n) is 8.88. The van der Waals surface area contributed by atoms with Crippen molar-refractivity contribution in [3.8, 4) is 0 Å². The first kappa shape index (κ1) is 19.8.